The monoisotopic (exact) mass is 321 g/mol. The molecule has 0 aliphatic carbocycles. The zero-order valence-electron chi connectivity index (χ0n) is 13.4. The van der Waals surface area contributed by atoms with Gasteiger partial charge >= 0.3 is 0 Å². The quantitative estimate of drug-likeness (QED) is 0.846. The largest absolute Gasteiger partial charge is 0.368 e. The van der Waals surface area contributed by atoms with Gasteiger partial charge in [-0.25, -0.2) is 4.98 Å². The molecule has 7 heteroatoms. The molecule has 0 aromatic carbocycles. The third-order valence-electron chi connectivity index (χ3n) is 3.92. The number of morpholine rings is 1. The second kappa shape index (κ2) is 6.85. The Hall–Kier alpha value is -1.31. The molecular formula is C15H23N5OS. The number of hydrogen-bond donors (Lipinski definition) is 0. The molecule has 3 heterocycles. The van der Waals surface area contributed by atoms with Crippen LogP contribution in [0.4, 0.5) is 0 Å². The maximum atomic E-state index is 5.89. The van der Waals surface area contributed by atoms with Gasteiger partial charge in [-0.15, -0.1) is 21.5 Å². The van der Waals surface area contributed by atoms with Gasteiger partial charge in [-0.1, -0.05) is 13.8 Å². The van der Waals surface area contributed by atoms with Crippen LogP contribution in [-0.4, -0.2) is 44.3 Å². The standard InChI is InChI=1S/C15H23N5OS/c1-4-20-10-17-18-15(20)12-8-19(5-6-21-12)9-14-16-7-13(22-14)11(2)3/h7,10-12H,4-6,8-9H2,1-3H3. The summed E-state index contributed by atoms with van der Waals surface area (Å²) in [5.41, 5.74) is 0. The smallest absolute Gasteiger partial charge is 0.163 e. The summed E-state index contributed by atoms with van der Waals surface area (Å²) >= 11 is 1.81. The molecule has 2 aromatic rings. The fourth-order valence-electron chi connectivity index (χ4n) is 2.61. The van der Waals surface area contributed by atoms with Crippen molar-refractivity contribution >= 4 is 11.3 Å². The molecule has 1 unspecified atom stereocenters. The average Bonchev–Trinajstić information content (AvgIpc) is 3.16. The molecule has 1 aliphatic rings. The van der Waals surface area contributed by atoms with Crippen LogP contribution < -0.4 is 0 Å². The molecular weight excluding hydrogens is 298 g/mol. The highest BCUT2D eigenvalue weighted by molar-refractivity contribution is 7.11. The van der Waals surface area contributed by atoms with Gasteiger partial charge in [0.05, 0.1) is 13.2 Å². The zero-order valence-corrected chi connectivity index (χ0v) is 14.2. The van der Waals surface area contributed by atoms with E-state index >= 15 is 0 Å². The molecule has 1 aliphatic heterocycles. The summed E-state index contributed by atoms with van der Waals surface area (Å²) in [5.74, 6) is 1.47. The molecule has 0 saturated carbocycles. The lowest BCUT2D eigenvalue weighted by molar-refractivity contribution is -0.0388. The number of hydrogen-bond acceptors (Lipinski definition) is 6. The van der Waals surface area contributed by atoms with Gasteiger partial charge in [0.1, 0.15) is 17.4 Å². The van der Waals surface area contributed by atoms with E-state index in [0.717, 1.165) is 38.6 Å². The second-order valence-electron chi connectivity index (χ2n) is 5.88. The third-order valence-corrected chi connectivity index (χ3v) is 5.21. The SMILES string of the molecule is CCn1cnnc1C1CN(Cc2ncc(C(C)C)s2)CCO1. The first-order chi connectivity index (χ1) is 10.7. The van der Waals surface area contributed by atoms with E-state index in [1.165, 1.54) is 9.88 Å². The van der Waals surface area contributed by atoms with E-state index in [9.17, 15) is 0 Å². The van der Waals surface area contributed by atoms with Crippen molar-refractivity contribution in [3.63, 3.8) is 0 Å². The third kappa shape index (κ3) is 3.37. The first-order valence-electron chi connectivity index (χ1n) is 7.83. The minimum absolute atomic E-state index is 0.000677. The lowest BCUT2D eigenvalue weighted by Gasteiger charge is -2.31. The van der Waals surface area contributed by atoms with Crippen LogP contribution in [0.3, 0.4) is 0 Å². The van der Waals surface area contributed by atoms with Crippen LogP contribution in [0.5, 0.6) is 0 Å². The van der Waals surface area contributed by atoms with Gasteiger partial charge in [0.15, 0.2) is 5.82 Å². The highest BCUT2D eigenvalue weighted by atomic mass is 32.1. The normalized spacial score (nSPS) is 19.9. The Labute approximate surface area is 135 Å². The summed E-state index contributed by atoms with van der Waals surface area (Å²) in [7, 11) is 0. The molecule has 3 rings (SSSR count). The van der Waals surface area contributed by atoms with Crippen LogP contribution in [0.2, 0.25) is 0 Å². The van der Waals surface area contributed by atoms with Gasteiger partial charge in [-0.05, 0) is 12.8 Å². The summed E-state index contributed by atoms with van der Waals surface area (Å²) in [6.07, 6.45) is 3.78. The second-order valence-corrected chi connectivity index (χ2v) is 7.03. The molecule has 1 saturated heterocycles. The predicted octanol–water partition coefficient (Wildman–Crippen LogP) is 2.45. The van der Waals surface area contributed by atoms with Crippen LogP contribution in [0, 0.1) is 0 Å². The Bertz CT molecular complexity index is 609. The Balaban J connectivity index is 1.65. The molecule has 6 nitrogen and oxygen atoms in total. The maximum absolute atomic E-state index is 5.89. The van der Waals surface area contributed by atoms with Gasteiger partial charge in [0.2, 0.25) is 0 Å². The molecule has 0 radical (unpaired) electrons. The van der Waals surface area contributed by atoms with E-state index in [4.69, 9.17) is 4.74 Å². The number of nitrogens with zero attached hydrogens (tertiary/aromatic N) is 5. The van der Waals surface area contributed by atoms with Crippen LogP contribution in [0.1, 0.15) is 48.5 Å². The number of ether oxygens (including phenoxy) is 1. The van der Waals surface area contributed by atoms with Crippen molar-refractivity contribution in [2.45, 2.75) is 45.9 Å². The summed E-state index contributed by atoms with van der Waals surface area (Å²) in [5, 5.41) is 9.41. The minimum Gasteiger partial charge on any atom is -0.368 e. The summed E-state index contributed by atoms with van der Waals surface area (Å²) in [6.45, 7) is 10.8. The van der Waals surface area contributed by atoms with Crippen molar-refractivity contribution in [2.24, 2.45) is 0 Å². The van der Waals surface area contributed by atoms with Crippen LogP contribution in [-0.2, 0) is 17.8 Å². The fourth-order valence-corrected chi connectivity index (χ4v) is 3.58. The number of thiazole rings is 1. The number of rotatable bonds is 5. The maximum Gasteiger partial charge on any atom is 0.163 e. The molecule has 120 valence electrons. The topological polar surface area (TPSA) is 56.1 Å². The molecule has 0 N–H and O–H groups in total. The first kappa shape index (κ1) is 15.6. The number of aromatic nitrogens is 4. The van der Waals surface area contributed by atoms with Crippen molar-refractivity contribution in [1.82, 2.24) is 24.6 Å². The number of aryl methyl sites for hydroxylation is 1. The van der Waals surface area contributed by atoms with Gasteiger partial charge in [-0.2, -0.15) is 0 Å². The molecule has 0 bridgehead atoms. The van der Waals surface area contributed by atoms with Gasteiger partial charge in [0, 0.05) is 30.7 Å². The van der Waals surface area contributed by atoms with E-state index in [1.807, 2.05) is 17.5 Å². The lowest BCUT2D eigenvalue weighted by Crippen LogP contribution is -2.38. The fraction of sp³-hybridized carbons (Fsp3) is 0.667. The molecule has 2 aromatic heterocycles. The summed E-state index contributed by atoms with van der Waals surface area (Å²) in [4.78, 5) is 8.30. The molecule has 1 fully saturated rings. The van der Waals surface area contributed by atoms with E-state index in [0.29, 0.717) is 5.92 Å². The van der Waals surface area contributed by atoms with Crippen molar-refractivity contribution in [3.05, 3.63) is 28.2 Å². The van der Waals surface area contributed by atoms with Gasteiger partial charge < -0.3 is 9.30 Å². The van der Waals surface area contributed by atoms with E-state index in [-0.39, 0.29) is 6.10 Å². The van der Waals surface area contributed by atoms with Crippen LogP contribution in [0.25, 0.3) is 0 Å². The average molecular weight is 321 g/mol. The van der Waals surface area contributed by atoms with Crippen LogP contribution >= 0.6 is 11.3 Å². The highest BCUT2D eigenvalue weighted by Gasteiger charge is 2.26. The molecule has 0 amide bonds. The highest BCUT2D eigenvalue weighted by Crippen LogP contribution is 2.25. The first-order valence-corrected chi connectivity index (χ1v) is 8.65. The van der Waals surface area contributed by atoms with Gasteiger partial charge in [-0.3, -0.25) is 4.90 Å². The Morgan fingerprint density at radius 2 is 2.32 bits per heavy atom. The predicted molar refractivity (Wildman–Crippen MR) is 85.9 cm³/mol. The van der Waals surface area contributed by atoms with Crippen molar-refractivity contribution < 1.29 is 4.74 Å². The summed E-state index contributed by atoms with van der Waals surface area (Å²) in [6, 6.07) is 0. The van der Waals surface area contributed by atoms with Gasteiger partial charge in [0.25, 0.3) is 0 Å². The zero-order chi connectivity index (χ0) is 15.5. The van der Waals surface area contributed by atoms with E-state index in [1.54, 1.807) is 6.33 Å². The Kier molecular flexibility index (Phi) is 4.85. The van der Waals surface area contributed by atoms with E-state index in [2.05, 4.69) is 45.4 Å². The summed E-state index contributed by atoms with van der Waals surface area (Å²) < 4.78 is 7.94. The minimum atomic E-state index is 0.000677. The Morgan fingerprint density at radius 3 is 3.05 bits per heavy atom. The molecule has 22 heavy (non-hydrogen) atoms. The Morgan fingerprint density at radius 1 is 1.45 bits per heavy atom. The lowest BCUT2D eigenvalue weighted by atomic mass is 10.2. The van der Waals surface area contributed by atoms with Crippen molar-refractivity contribution in [2.75, 3.05) is 19.7 Å². The van der Waals surface area contributed by atoms with Crippen molar-refractivity contribution in [1.29, 1.82) is 0 Å². The van der Waals surface area contributed by atoms with Crippen LogP contribution in [0.15, 0.2) is 12.5 Å². The van der Waals surface area contributed by atoms with Crippen molar-refractivity contribution in [3.8, 4) is 0 Å². The van der Waals surface area contributed by atoms with E-state index < -0.39 is 0 Å². The molecule has 0 spiro atoms. The molecule has 1 atom stereocenters.